The van der Waals surface area contributed by atoms with Crippen LogP contribution >= 0.6 is 0 Å². The van der Waals surface area contributed by atoms with Crippen molar-refractivity contribution in [3.05, 3.63) is 30.1 Å². The van der Waals surface area contributed by atoms with Gasteiger partial charge in [0.25, 0.3) is 0 Å². The lowest BCUT2D eigenvalue weighted by atomic mass is 9.62. The first-order valence-corrected chi connectivity index (χ1v) is 10.0. The lowest BCUT2D eigenvalue weighted by Gasteiger charge is -2.43. The van der Waals surface area contributed by atoms with Crippen molar-refractivity contribution in [2.45, 2.75) is 52.6 Å². The number of hydrogen-bond acceptors (Lipinski definition) is 7. The van der Waals surface area contributed by atoms with E-state index in [2.05, 4.69) is 4.98 Å². The number of aliphatic hydroxyl groups is 1. The van der Waals surface area contributed by atoms with Crippen molar-refractivity contribution in [3.8, 4) is 0 Å². The summed E-state index contributed by atoms with van der Waals surface area (Å²) in [4.78, 5) is 42.8. The van der Waals surface area contributed by atoms with Crippen LogP contribution in [0, 0.1) is 23.7 Å². The van der Waals surface area contributed by atoms with Crippen LogP contribution < -0.4 is 0 Å². The monoisotopic (exact) mass is 405 g/mol. The molecule has 1 saturated carbocycles. The third-order valence-electron chi connectivity index (χ3n) is 4.96. The molecule has 7 heteroatoms. The zero-order chi connectivity index (χ0) is 21.8. The highest BCUT2D eigenvalue weighted by atomic mass is 16.5. The third-order valence-corrected chi connectivity index (χ3v) is 4.96. The van der Waals surface area contributed by atoms with E-state index in [9.17, 15) is 19.5 Å². The molecular formula is C22H31NO6. The molecule has 0 saturated heterocycles. The molecular weight excluding hydrogens is 374 g/mol. The Labute approximate surface area is 171 Å². The maximum atomic E-state index is 13.0. The van der Waals surface area contributed by atoms with Gasteiger partial charge in [0.2, 0.25) is 0 Å². The normalized spacial score (nSPS) is 27.2. The summed E-state index contributed by atoms with van der Waals surface area (Å²) in [5, 5.41) is 11.0. The molecule has 1 N–H and O–H groups in total. The van der Waals surface area contributed by atoms with Crippen molar-refractivity contribution in [3.63, 3.8) is 0 Å². The Hall–Kier alpha value is -2.28. The molecule has 1 aromatic heterocycles. The number of carbonyl (C=O) groups excluding carboxylic acids is 3. The Kier molecular flexibility index (Phi) is 7.52. The van der Waals surface area contributed by atoms with Crippen molar-refractivity contribution in [1.82, 2.24) is 4.98 Å². The smallest absolute Gasteiger partial charge is 0.317 e. The molecule has 1 aromatic rings. The molecule has 1 aliphatic rings. The highest BCUT2D eigenvalue weighted by Crippen LogP contribution is 2.46. The number of nitrogens with zero attached hydrogens (tertiary/aromatic N) is 1. The Balaban J connectivity index is 2.47. The SMILES string of the molecule is CC(C)COC(=O)[C@@H]1C(=O)C[C@@](C)(O)[C@H](C(=O)OCC(C)C)[C@@H]1c1cccnc1. The van der Waals surface area contributed by atoms with Crippen LogP contribution in [-0.4, -0.2) is 46.6 Å². The van der Waals surface area contributed by atoms with Crippen LogP contribution in [0.25, 0.3) is 0 Å². The molecule has 29 heavy (non-hydrogen) atoms. The van der Waals surface area contributed by atoms with Gasteiger partial charge in [-0.3, -0.25) is 19.4 Å². The number of ketones is 1. The predicted molar refractivity (Wildman–Crippen MR) is 106 cm³/mol. The third kappa shape index (κ3) is 5.63. The molecule has 0 aliphatic heterocycles. The van der Waals surface area contributed by atoms with E-state index in [0.29, 0.717) is 5.56 Å². The largest absolute Gasteiger partial charge is 0.465 e. The van der Waals surface area contributed by atoms with Crippen LogP contribution in [0.15, 0.2) is 24.5 Å². The molecule has 1 heterocycles. The first-order valence-electron chi connectivity index (χ1n) is 10.0. The van der Waals surface area contributed by atoms with Gasteiger partial charge >= 0.3 is 11.9 Å². The summed E-state index contributed by atoms with van der Waals surface area (Å²) < 4.78 is 10.8. The molecule has 160 valence electrons. The first-order chi connectivity index (χ1) is 13.5. The van der Waals surface area contributed by atoms with E-state index in [1.807, 2.05) is 27.7 Å². The van der Waals surface area contributed by atoms with Gasteiger partial charge in [-0.2, -0.15) is 0 Å². The molecule has 7 nitrogen and oxygen atoms in total. The van der Waals surface area contributed by atoms with Crippen LogP contribution in [0.4, 0.5) is 0 Å². The van der Waals surface area contributed by atoms with Gasteiger partial charge < -0.3 is 14.6 Å². The molecule has 2 rings (SSSR count). The zero-order valence-corrected chi connectivity index (χ0v) is 17.8. The summed E-state index contributed by atoms with van der Waals surface area (Å²) in [6.45, 7) is 9.38. The number of hydrogen-bond donors (Lipinski definition) is 1. The minimum atomic E-state index is -1.65. The zero-order valence-electron chi connectivity index (χ0n) is 17.8. The summed E-state index contributed by atoms with van der Waals surface area (Å²) >= 11 is 0. The van der Waals surface area contributed by atoms with Crippen molar-refractivity contribution >= 4 is 17.7 Å². The van der Waals surface area contributed by atoms with E-state index in [-0.39, 0.29) is 31.5 Å². The second-order valence-corrected chi connectivity index (χ2v) is 8.82. The van der Waals surface area contributed by atoms with Crippen molar-refractivity contribution in [2.75, 3.05) is 13.2 Å². The Bertz CT molecular complexity index is 728. The molecule has 0 aromatic carbocycles. The van der Waals surface area contributed by atoms with E-state index in [1.165, 1.54) is 13.1 Å². The van der Waals surface area contributed by atoms with Crippen molar-refractivity contribution in [2.24, 2.45) is 23.7 Å². The summed E-state index contributed by atoms with van der Waals surface area (Å²) in [5.41, 5.74) is -1.14. The van der Waals surface area contributed by atoms with Crippen LogP contribution in [0.3, 0.4) is 0 Å². The van der Waals surface area contributed by atoms with Gasteiger partial charge in [-0.15, -0.1) is 0 Å². The van der Waals surface area contributed by atoms with Gasteiger partial charge in [-0.25, -0.2) is 0 Å². The number of rotatable bonds is 7. The number of aromatic nitrogens is 1. The quantitative estimate of drug-likeness (QED) is 0.549. The fourth-order valence-electron chi connectivity index (χ4n) is 3.67. The number of carbonyl (C=O) groups is 3. The number of Topliss-reactive ketones (excluding diaryl/α,β-unsaturated/α-hetero) is 1. The summed E-state index contributed by atoms with van der Waals surface area (Å²) in [6, 6.07) is 3.36. The lowest BCUT2D eigenvalue weighted by Crippen LogP contribution is -2.55. The fraction of sp³-hybridized carbons (Fsp3) is 0.636. The minimum absolute atomic E-state index is 0.101. The summed E-state index contributed by atoms with van der Waals surface area (Å²) in [7, 11) is 0. The standard InChI is InChI=1S/C22H31NO6/c1-13(2)11-28-20(25)18-16(24)9-22(5,27)19(21(26)29-12-14(3)4)17(18)15-7-6-8-23-10-15/h6-8,10,13-14,17-19,27H,9,11-12H2,1-5H3/t17-,18-,19+,22-/m1/s1. The molecule has 0 spiro atoms. The fourth-order valence-corrected chi connectivity index (χ4v) is 3.67. The van der Waals surface area contributed by atoms with E-state index >= 15 is 0 Å². The molecule has 4 atom stereocenters. The number of ether oxygens (including phenoxy) is 2. The maximum Gasteiger partial charge on any atom is 0.317 e. The number of esters is 2. The molecule has 0 bridgehead atoms. The lowest BCUT2D eigenvalue weighted by molar-refractivity contribution is -0.173. The van der Waals surface area contributed by atoms with Crippen molar-refractivity contribution in [1.29, 1.82) is 0 Å². The minimum Gasteiger partial charge on any atom is -0.465 e. The van der Waals surface area contributed by atoms with Gasteiger partial charge in [0.15, 0.2) is 5.78 Å². The van der Waals surface area contributed by atoms with Gasteiger partial charge in [0.1, 0.15) is 5.92 Å². The molecule has 0 unspecified atom stereocenters. The van der Waals surface area contributed by atoms with Gasteiger partial charge in [-0.1, -0.05) is 33.8 Å². The topological polar surface area (TPSA) is 103 Å². The Morgan fingerprint density at radius 2 is 1.76 bits per heavy atom. The Morgan fingerprint density at radius 1 is 1.17 bits per heavy atom. The van der Waals surface area contributed by atoms with Crippen LogP contribution in [0.2, 0.25) is 0 Å². The molecule has 1 fully saturated rings. The van der Waals surface area contributed by atoms with E-state index in [4.69, 9.17) is 9.47 Å². The van der Waals surface area contributed by atoms with E-state index in [0.717, 1.165) is 0 Å². The second kappa shape index (κ2) is 9.48. The average Bonchev–Trinajstić information content (AvgIpc) is 2.63. The van der Waals surface area contributed by atoms with Crippen LogP contribution in [0.1, 0.15) is 52.5 Å². The molecule has 0 radical (unpaired) electrons. The molecule has 1 aliphatic carbocycles. The van der Waals surface area contributed by atoms with E-state index in [1.54, 1.807) is 18.3 Å². The summed E-state index contributed by atoms with van der Waals surface area (Å²) in [5.74, 6) is -4.78. The van der Waals surface area contributed by atoms with Crippen LogP contribution in [0.5, 0.6) is 0 Å². The Morgan fingerprint density at radius 3 is 2.28 bits per heavy atom. The predicted octanol–water partition coefficient (Wildman–Crippen LogP) is 2.52. The van der Waals surface area contributed by atoms with Crippen LogP contribution in [-0.2, 0) is 23.9 Å². The number of pyridine rings is 1. The molecule has 0 amide bonds. The van der Waals surface area contributed by atoms with Gasteiger partial charge in [-0.05, 0) is 30.4 Å². The van der Waals surface area contributed by atoms with Gasteiger partial charge in [0.05, 0.1) is 24.7 Å². The average molecular weight is 405 g/mol. The van der Waals surface area contributed by atoms with Gasteiger partial charge in [0, 0.05) is 24.7 Å². The van der Waals surface area contributed by atoms with E-state index < -0.39 is 41.1 Å². The highest BCUT2D eigenvalue weighted by Gasteiger charge is 2.57. The highest BCUT2D eigenvalue weighted by molar-refractivity contribution is 6.02. The second-order valence-electron chi connectivity index (χ2n) is 8.82. The summed E-state index contributed by atoms with van der Waals surface area (Å²) in [6.07, 6.45) is 2.74. The maximum absolute atomic E-state index is 13.0. The van der Waals surface area contributed by atoms with Crippen molar-refractivity contribution < 1.29 is 29.0 Å². The first kappa shape index (κ1) is 23.0.